The number of hydrogen-bond acceptors (Lipinski definition) is 2. The van der Waals surface area contributed by atoms with Crippen LogP contribution in [0.4, 0.5) is 0 Å². The Morgan fingerprint density at radius 1 is 0.457 bits per heavy atom. The second-order valence-electron chi connectivity index (χ2n) is 10.8. The predicted octanol–water partition coefficient (Wildman–Crippen LogP) is 11.7. The number of ether oxygens (including phenoxy) is 1. The average Bonchev–Trinajstić information content (AvgIpc) is 2.86. The number of unbranched alkanes of at least 4 members (excludes halogenated alkanes) is 23. The third kappa shape index (κ3) is 31.2. The summed E-state index contributed by atoms with van der Waals surface area (Å²) in [5.41, 5.74) is 0. The molecule has 0 atom stereocenters. The molecular formula is C33H64O2. The highest BCUT2D eigenvalue weighted by Crippen LogP contribution is 2.13. The van der Waals surface area contributed by atoms with Crippen LogP contribution in [-0.2, 0) is 9.53 Å². The van der Waals surface area contributed by atoms with Gasteiger partial charge >= 0.3 is 5.97 Å². The summed E-state index contributed by atoms with van der Waals surface area (Å²) < 4.78 is 5.41. The third-order valence-corrected chi connectivity index (χ3v) is 7.15. The molecule has 0 saturated carbocycles. The molecule has 0 aliphatic carbocycles. The molecule has 0 rings (SSSR count). The lowest BCUT2D eigenvalue weighted by molar-refractivity contribution is -0.143. The van der Waals surface area contributed by atoms with Gasteiger partial charge in [0.2, 0.25) is 0 Å². The van der Waals surface area contributed by atoms with E-state index in [9.17, 15) is 4.79 Å². The normalized spacial score (nSPS) is 11.5. The van der Waals surface area contributed by atoms with Gasteiger partial charge in [-0.25, -0.2) is 0 Å². The Labute approximate surface area is 221 Å². The van der Waals surface area contributed by atoms with Gasteiger partial charge in [0.1, 0.15) is 0 Å². The molecule has 0 aromatic heterocycles. The van der Waals surface area contributed by atoms with E-state index in [4.69, 9.17) is 4.74 Å². The van der Waals surface area contributed by atoms with Crippen molar-refractivity contribution in [2.75, 3.05) is 6.61 Å². The summed E-state index contributed by atoms with van der Waals surface area (Å²) in [6.45, 7) is 5.18. The van der Waals surface area contributed by atoms with Crippen molar-refractivity contribution >= 4 is 5.97 Å². The summed E-state index contributed by atoms with van der Waals surface area (Å²) in [7, 11) is 0. The number of esters is 1. The van der Waals surface area contributed by atoms with Gasteiger partial charge < -0.3 is 4.74 Å². The van der Waals surface area contributed by atoms with Crippen LogP contribution in [0.5, 0.6) is 0 Å². The summed E-state index contributed by atoms with van der Waals surface area (Å²) in [6, 6.07) is 0. The molecule has 0 N–H and O–H groups in total. The fourth-order valence-electron chi connectivity index (χ4n) is 4.72. The summed E-state index contributed by atoms with van der Waals surface area (Å²) in [5, 5.41) is 0. The predicted molar refractivity (Wildman–Crippen MR) is 156 cm³/mol. The molecule has 0 heterocycles. The molecule has 0 bridgehead atoms. The van der Waals surface area contributed by atoms with Crippen LogP contribution in [0.3, 0.4) is 0 Å². The lowest BCUT2D eigenvalue weighted by Crippen LogP contribution is -2.05. The van der Waals surface area contributed by atoms with Gasteiger partial charge in [-0.05, 0) is 38.5 Å². The van der Waals surface area contributed by atoms with Gasteiger partial charge in [0.05, 0.1) is 6.61 Å². The van der Waals surface area contributed by atoms with Crippen LogP contribution in [0.2, 0.25) is 0 Å². The first-order valence-corrected chi connectivity index (χ1v) is 16.1. The van der Waals surface area contributed by atoms with Crippen LogP contribution in [0.15, 0.2) is 12.2 Å². The van der Waals surface area contributed by atoms with Crippen molar-refractivity contribution in [1.82, 2.24) is 0 Å². The van der Waals surface area contributed by atoms with Gasteiger partial charge in [-0.1, -0.05) is 154 Å². The molecule has 0 aliphatic rings. The number of hydrogen-bond donors (Lipinski definition) is 0. The minimum Gasteiger partial charge on any atom is -0.466 e. The molecule has 0 fully saturated rings. The standard InChI is InChI=1S/C33H64O2/c1-3-5-7-9-11-13-15-16-17-18-19-20-21-23-25-27-29-31-33(34)35-32-30-28-26-24-22-14-12-10-8-6-4-2/h13,15H,3-12,14,16-32H2,1-2H3. The maximum atomic E-state index is 11.9. The number of allylic oxidation sites excluding steroid dienone is 2. The molecule has 0 unspecified atom stereocenters. The van der Waals surface area contributed by atoms with Crippen molar-refractivity contribution in [3.05, 3.63) is 12.2 Å². The Bertz CT molecular complexity index is 429. The summed E-state index contributed by atoms with van der Waals surface area (Å²) in [6.07, 6.45) is 39.7. The highest BCUT2D eigenvalue weighted by Gasteiger charge is 2.02. The Balaban J connectivity index is 3.17. The smallest absolute Gasteiger partial charge is 0.305 e. The monoisotopic (exact) mass is 492 g/mol. The fourth-order valence-corrected chi connectivity index (χ4v) is 4.72. The second kappa shape index (κ2) is 31.2. The average molecular weight is 493 g/mol. The van der Waals surface area contributed by atoms with Crippen LogP contribution >= 0.6 is 0 Å². The SMILES string of the molecule is CCCCCCC=CCCCCCCCCCCCC(=O)OCCCCCCCCCCCCC. The highest BCUT2D eigenvalue weighted by molar-refractivity contribution is 5.69. The molecule has 0 aliphatic heterocycles. The number of carbonyl (C=O) groups excluding carboxylic acids is 1. The zero-order chi connectivity index (χ0) is 25.5. The van der Waals surface area contributed by atoms with Gasteiger partial charge in [-0.15, -0.1) is 0 Å². The largest absolute Gasteiger partial charge is 0.466 e. The molecule has 0 aromatic carbocycles. The zero-order valence-corrected chi connectivity index (χ0v) is 24.3. The molecular weight excluding hydrogens is 428 g/mol. The van der Waals surface area contributed by atoms with E-state index in [1.165, 1.54) is 154 Å². The van der Waals surface area contributed by atoms with E-state index in [1.807, 2.05) is 0 Å². The Kier molecular flexibility index (Phi) is 30.5. The molecule has 2 heteroatoms. The van der Waals surface area contributed by atoms with E-state index in [1.54, 1.807) is 0 Å². The van der Waals surface area contributed by atoms with Crippen molar-refractivity contribution in [3.63, 3.8) is 0 Å². The van der Waals surface area contributed by atoms with E-state index < -0.39 is 0 Å². The topological polar surface area (TPSA) is 26.3 Å². The molecule has 0 radical (unpaired) electrons. The van der Waals surface area contributed by atoms with Gasteiger partial charge in [0.25, 0.3) is 0 Å². The Hall–Kier alpha value is -0.790. The first-order chi connectivity index (χ1) is 17.3. The van der Waals surface area contributed by atoms with E-state index in [2.05, 4.69) is 26.0 Å². The van der Waals surface area contributed by atoms with Gasteiger partial charge in [-0.3, -0.25) is 4.79 Å². The van der Waals surface area contributed by atoms with Crippen molar-refractivity contribution < 1.29 is 9.53 Å². The van der Waals surface area contributed by atoms with Gasteiger partial charge in [0, 0.05) is 6.42 Å². The maximum absolute atomic E-state index is 11.9. The lowest BCUT2D eigenvalue weighted by Gasteiger charge is -2.06. The molecule has 0 amide bonds. The van der Waals surface area contributed by atoms with Crippen LogP contribution in [0.25, 0.3) is 0 Å². The van der Waals surface area contributed by atoms with Gasteiger partial charge in [0.15, 0.2) is 0 Å². The molecule has 2 nitrogen and oxygen atoms in total. The highest BCUT2D eigenvalue weighted by atomic mass is 16.5. The van der Waals surface area contributed by atoms with E-state index in [0.29, 0.717) is 13.0 Å². The molecule has 208 valence electrons. The zero-order valence-electron chi connectivity index (χ0n) is 24.3. The molecule has 35 heavy (non-hydrogen) atoms. The van der Waals surface area contributed by atoms with Crippen LogP contribution < -0.4 is 0 Å². The lowest BCUT2D eigenvalue weighted by atomic mass is 10.1. The fraction of sp³-hybridized carbons (Fsp3) is 0.909. The summed E-state index contributed by atoms with van der Waals surface area (Å²) >= 11 is 0. The Morgan fingerprint density at radius 3 is 1.26 bits per heavy atom. The van der Waals surface area contributed by atoms with E-state index in [0.717, 1.165) is 12.8 Å². The number of carbonyl (C=O) groups is 1. The molecule has 0 aromatic rings. The second-order valence-corrected chi connectivity index (χ2v) is 10.8. The first-order valence-electron chi connectivity index (χ1n) is 16.1. The van der Waals surface area contributed by atoms with Crippen molar-refractivity contribution in [3.8, 4) is 0 Å². The van der Waals surface area contributed by atoms with Crippen molar-refractivity contribution in [2.24, 2.45) is 0 Å². The third-order valence-electron chi connectivity index (χ3n) is 7.15. The van der Waals surface area contributed by atoms with Gasteiger partial charge in [-0.2, -0.15) is 0 Å². The van der Waals surface area contributed by atoms with Crippen molar-refractivity contribution in [1.29, 1.82) is 0 Å². The summed E-state index contributed by atoms with van der Waals surface area (Å²) in [4.78, 5) is 11.9. The minimum atomic E-state index is 0.0205. The number of rotatable bonds is 29. The van der Waals surface area contributed by atoms with E-state index >= 15 is 0 Å². The summed E-state index contributed by atoms with van der Waals surface area (Å²) in [5.74, 6) is 0.0205. The van der Waals surface area contributed by atoms with E-state index in [-0.39, 0.29) is 5.97 Å². The quantitative estimate of drug-likeness (QED) is 0.0589. The van der Waals surface area contributed by atoms with Crippen LogP contribution in [0, 0.1) is 0 Å². The Morgan fingerprint density at radius 2 is 0.800 bits per heavy atom. The van der Waals surface area contributed by atoms with Crippen LogP contribution in [0.1, 0.15) is 187 Å². The minimum absolute atomic E-state index is 0.0205. The maximum Gasteiger partial charge on any atom is 0.305 e. The van der Waals surface area contributed by atoms with Crippen molar-refractivity contribution in [2.45, 2.75) is 187 Å². The molecule has 0 spiro atoms. The van der Waals surface area contributed by atoms with Crippen LogP contribution in [-0.4, -0.2) is 12.6 Å². The first kappa shape index (κ1) is 34.2. The molecule has 0 saturated heterocycles.